The molecule has 1 unspecified atom stereocenters. The van der Waals surface area contributed by atoms with E-state index >= 15 is 0 Å². The Morgan fingerprint density at radius 1 is 0.651 bits per heavy atom. The van der Waals surface area contributed by atoms with E-state index in [-0.39, 0.29) is 29.0 Å². The third-order valence-corrected chi connectivity index (χ3v) is 7.07. The fourth-order valence-corrected chi connectivity index (χ4v) is 5.10. The highest BCUT2D eigenvalue weighted by molar-refractivity contribution is 5.98. The van der Waals surface area contributed by atoms with E-state index in [4.69, 9.17) is 5.73 Å². The van der Waals surface area contributed by atoms with Crippen molar-refractivity contribution < 1.29 is 39.5 Å². The molecule has 1 atom stereocenters. The second kappa shape index (κ2) is 11.0. The molecular weight excluding hydrogens is 583 g/mol. The Morgan fingerprint density at radius 3 is 1.98 bits per heavy atom. The van der Waals surface area contributed by atoms with Crippen molar-refractivity contribution in [2.45, 2.75) is 31.0 Å². The molecule has 222 valence electrons. The highest BCUT2D eigenvalue weighted by Gasteiger charge is 2.39. The number of alkyl halides is 9. The second-order valence-electron chi connectivity index (χ2n) is 9.92. The summed E-state index contributed by atoms with van der Waals surface area (Å²) in [4.78, 5) is 4.14. The molecule has 0 aliphatic rings. The molecule has 1 heterocycles. The molecule has 0 fully saturated rings. The molecule has 0 saturated heterocycles. The van der Waals surface area contributed by atoms with Gasteiger partial charge in [-0.2, -0.15) is 39.5 Å². The van der Waals surface area contributed by atoms with Crippen LogP contribution in [0.4, 0.5) is 39.5 Å². The van der Waals surface area contributed by atoms with Crippen molar-refractivity contribution in [1.82, 2.24) is 4.98 Å². The fraction of sp³-hybridized carbons (Fsp3) is 0.156. The van der Waals surface area contributed by atoms with E-state index in [0.717, 1.165) is 11.6 Å². The number of rotatable bonds is 5. The zero-order valence-electron chi connectivity index (χ0n) is 21.9. The number of pyridine rings is 1. The van der Waals surface area contributed by atoms with Crippen molar-refractivity contribution in [3.63, 3.8) is 0 Å². The molecule has 0 spiro atoms. The van der Waals surface area contributed by atoms with Gasteiger partial charge >= 0.3 is 18.5 Å². The molecular formula is C32H21F9N2. The van der Waals surface area contributed by atoms with Gasteiger partial charge in [0, 0.05) is 11.6 Å². The van der Waals surface area contributed by atoms with Crippen molar-refractivity contribution in [3.8, 4) is 11.1 Å². The zero-order valence-corrected chi connectivity index (χ0v) is 21.9. The average Bonchev–Trinajstić information content (AvgIpc) is 2.95. The zero-order chi connectivity index (χ0) is 31.2. The third kappa shape index (κ3) is 6.22. The quantitative estimate of drug-likeness (QED) is 0.203. The summed E-state index contributed by atoms with van der Waals surface area (Å²) in [5.41, 5.74) is 3.61. The predicted octanol–water partition coefficient (Wildman–Crippen LogP) is 9.60. The van der Waals surface area contributed by atoms with Crippen LogP contribution in [0.2, 0.25) is 0 Å². The van der Waals surface area contributed by atoms with Crippen molar-refractivity contribution >= 4 is 10.9 Å². The van der Waals surface area contributed by atoms with Gasteiger partial charge in [-0.05, 0) is 64.1 Å². The monoisotopic (exact) mass is 604 g/mol. The first-order valence-electron chi connectivity index (χ1n) is 12.8. The van der Waals surface area contributed by atoms with Gasteiger partial charge in [0.05, 0.1) is 28.2 Å². The van der Waals surface area contributed by atoms with Gasteiger partial charge in [-0.25, -0.2) is 0 Å². The molecule has 5 aromatic rings. The van der Waals surface area contributed by atoms with Crippen LogP contribution in [0.3, 0.4) is 0 Å². The Balaban J connectivity index is 1.69. The van der Waals surface area contributed by atoms with Gasteiger partial charge < -0.3 is 5.73 Å². The molecule has 4 aromatic carbocycles. The number of halogens is 9. The first kappa shape index (κ1) is 30.1. The Bertz CT molecular complexity index is 1770. The van der Waals surface area contributed by atoms with E-state index in [1.54, 1.807) is 24.3 Å². The number of aromatic nitrogens is 1. The number of fused-ring (bicyclic) bond motifs is 1. The van der Waals surface area contributed by atoms with E-state index in [0.29, 0.717) is 28.8 Å². The Hall–Kier alpha value is -4.38. The topological polar surface area (TPSA) is 38.9 Å². The molecule has 0 aliphatic heterocycles. The highest BCUT2D eigenvalue weighted by Crippen LogP contribution is 2.42. The number of hydrogen-bond acceptors (Lipinski definition) is 2. The third-order valence-electron chi connectivity index (χ3n) is 7.07. The predicted molar refractivity (Wildman–Crippen MR) is 144 cm³/mol. The molecule has 43 heavy (non-hydrogen) atoms. The van der Waals surface area contributed by atoms with Crippen molar-refractivity contribution in [2.24, 2.45) is 5.73 Å². The largest absolute Gasteiger partial charge is 0.418 e. The van der Waals surface area contributed by atoms with E-state index in [1.807, 2.05) is 12.1 Å². The van der Waals surface area contributed by atoms with Crippen molar-refractivity contribution in [1.29, 1.82) is 0 Å². The van der Waals surface area contributed by atoms with Crippen LogP contribution in [0, 0.1) is 0 Å². The lowest BCUT2D eigenvalue weighted by molar-refractivity contribution is -0.143. The van der Waals surface area contributed by atoms with E-state index in [2.05, 4.69) is 4.98 Å². The highest BCUT2D eigenvalue weighted by atomic mass is 19.4. The van der Waals surface area contributed by atoms with Crippen LogP contribution in [0.25, 0.3) is 22.0 Å². The van der Waals surface area contributed by atoms with E-state index in [9.17, 15) is 39.5 Å². The van der Waals surface area contributed by atoms with Crippen LogP contribution in [0.5, 0.6) is 0 Å². The van der Waals surface area contributed by atoms with Gasteiger partial charge in [0.15, 0.2) is 0 Å². The second-order valence-corrected chi connectivity index (χ2v) is 9.92. The number of nitrogens with two attached hydrogens (primary N) is 1. The summed E-state index contributed by atoms with van der Waals surface area (Å²) in [6.45, 7) is 0. The summed E-state index contributed by atoms with van der Waals surface area (Å²) in [6, 6.07) is 18.3. The lowest BCUT2D eigenvalue weighted by atomic mass is 9.88. The van der Waals surface area contributed by atoms with Gasteiger partial charge in [0.1, 0.15) is 0 Å². The first-order valence-corrected chi connectivity index (χ1v) is 12.8. The fourth-order valence-electron chi connectivity index (χ4n) is 5.10. The van der Waals surface area contributed by atoms with Crippen LogP contribution >= 0.6 is 0 Å². The maximum Gasteiger partial charge on any atom is 0.418 e. The average molecular weight is 605 g/mol. The lowest BCUT2D eigenvalue weighted by Crippen LogP contribution is -2.20. The summed E-state index contributed by atoms with van der Waals surface area (Å²) in [7, 11) is 0. The molecule has 0 saturated carbocycles. The minimum atomic E-state index is -5.13. The SMILES string of the molecule is NC(c1cccc(-c2c(Cc3ccccc3)cnc3c(C(F)(F)F)cccc23)c1)c1ccc(C(F)(F)F)cc1C(F)(F)F. The van der Waals surface area contributed by atoms with Crippen molar-refractivity contribution in [3.05, 3.63) is 136 Å². The molecule has 11 heteroatoms. The lowest BCUT2D eigenvalue weighted by Gasteiger charge is -2.21. The van der Waals surface area contributed by atoms with Gasteiger partial charge in [-0.1, -0.05) is 66.7 Å². The van der Waals surface area contributed by atoms with Crippen molar-refractivity contribution in [2.75, 3.05) is 0 Å². The van der Waals surface area contributed by atoms with E-state index in [1.165, 1.54) is 36.5 Å². The van der Waals surface area contributed by atoms with Gasteiger partial charge in [-0.3, -0.25) is 4.98 Å². The van der Waals surface area contributed by atoms with E-state index < -0.39 is 46.8 Å². The summed E-state index contributed by atoms with van der Waals surface area (Å²) < 4.78 is 123. The van der Waals surface area contributed by atoms with Crippen LogP contribution in [-0.2, 0) is 24.9 Å². The number of para-hydroxylation sites is 1. The number of nitrogens with zero attached hydrogens (tertiary/aromatic N) is 1. The van der Waals surface area contributed by atoms with Gasteiger partial charge in [-0.15, -0.1) is 0 Å². The van der Waals surface area contributed by atoms with Gasteiger partial charge in [0.2, 0.25) is 0 Å². The first-order chi connectivity index (χ1) is 20.1. The molecule has 0 amide bonds. The normalized spacial score (nSPS) is 13.3. The molecule has 0 bridgehead atoms. The molecule has 1 aromatic heterocycles. The minimum Gasteiger partial charge on any atom is -0.320 e. The van der Waals surface area contributed by atoms with Crippen LogP contribution < -0.4 is 5.73 Å². The Kier molecular flexibility index (Phi) is 7.72. The Morgan fingerprint density at radius 2 is 1.33 bits per heavy atom. The maximum atomic E-state index is 13.9. The standard InChI is InChI=1S/C32H21F9N2/c33-30(34,35)22-12-13-23(26(16-22)32(39,40)41)28(42)20-9-4-8-19(15-20)27-21(14-18-6-2-1-3-7-18)17-43-29-24(27)10-5-11-25(29)31(36,37)38/h1-13,15-17,28H,14,42H2. The minimum absolute atomic E-state index is 0.0199. The maximum absolute atomic E-state index is 13.9. The van der Waals surface area contributed by atoms with Crippen LogP contribution in [0.1, 0.15) is 45.0 Å². The van der Waals surface area contributed by atoms with Crippen LogP contribution in [0.15, 0.2) is 97.2 Å². The summed E-state index contributed by atoms with van der Waals surface area (Å²) in [6.07, 6.45) is -13.2. The van der Waals surface area contributed by atoms with Crippen LogP contribution in [-0.4, -0.2) is 4.98 Å². The number of hydrogen-bond donors (Lipinski definition) is 1. The Labute approximate surface area is 239 Å². The number of benzene rings is 4. The van der Waals surface area contributed by atoms with Gasteiger partial charge in [0.25, 0.3) is 0 Å². The summed E-state index contributed by atoms with van der Waals surface area (Å²) in [5, 5.41) is 0.166. The smallest absolute Gasteiger partial charge is 0.320 e. The molecule has 0 aliphatic carbocycles. The molecule has 5 rings (SSSR count). The molecule has 2 N–H and O–H groups in total. The summed E-state index contributed by atoms with van der Waals surface area (Å²) in [5.74, 6) is 0. The molecule has 0 radical (unpaired) electrons. The summed E-state index contributed by atoms with van der Waals surface area (Å²) >= 11 is 0. The molecule has 2 nitrogen and oxygen atoms in total.